The SMILES string of the molecule is Cc1cc(C(O)(C(F)(F)F)C(F)(F)F)ccc1-c1sc(C(=O)N2CC(O)(C(C)(C)O)C2)nc1C(=O)N1CCC[C@@H]1C. The highest BCUT2D eigenvalue weighted by molar-refractivity contribution is 7.17. The third-order valence-corrected chi connectivity index (χ3v) is 8.94. The van der Waals surface area contributed by atoms with Crippen LogP contribution in [0.4, 0.5) is 26.3 Å². The number of halogens is 6. The Bertz CT molecular complexity index is 1350. The highest BCUT2D eigenvalue weighted by atomic mass is 32.1. The van der Waals surface area contributed by atoms with Crippen LogP contribution < -0.4 is 0 Å². The fourth-order valence-electron chi connectivity index (χ4n) is 4.99. The van der Waals surface area contributed by atoms with Crippen LogP contribution in [0, 0.1) is 6.92 Å². The van der Waals surface area contributed by atoms with Crippen LogP contribution in [0.5, 0.6) is 0 Å². The van der Waals surface area contributed by atoms with Gasteiger partial charge in [0.15, 0.2) is 5.01 Å². The zero-order chi connectivity index (χ0) is 30.9. The first-order chi connectivity index (χ1) is 18.6. The van der Waals surface area contributed by atoms with Crippen LogP contribution in [-0.2, 0) is 5.60 Å². The second-order valence-corrected chi connectivity index (χ2v) is 12.2. The van der Waals surface area contributed by atoms with E-state index in [1.807, 2.05) is 6.92 Å². The maximum atomic E-state index is 13.5. The average Bonchev–Trinajstić information content (AvgIpc) is 3.45. The quantitative estimate of drug-likeness (QED) is 0.442. The van der Waals surface area contributed by atoms with E-state index in [1.165, 1.54) is 30.6 Å². The van der Waals surface area contributed by atoms with E-state index in [0.29, 0.717) is 31.5 Å². The van der Waals surface area contributed by atoms with Gasteiger partial charge in [-0.1, -0.05) is 18.2 Å². The number of aromatic nitrogens is 1. The minimum atomic E-state index is -6.07. The van der Waals surface area contributed by atoms with Gasteiger partial charge in [-0.25, -0.2) is 4.98 Å². The van der Waals surface area contributed by atoms with Crippen molar-refractivity contribution >= 4 is 23.2 Å². The molecular formula is C26H29F6N3O5S. The Balaban J connectivity index is 1.78. The summed E-state index contributed by atoms with van der Waals surface area (Å²) >= 11 is 0.732. The normalized spacial score (nSPS) is 19.9. The van der Waals surface area contributed by atoms with Gasteiger partial charge >= 0.3 is 12.4 Å². The van der Waals surface area contributed by atoms with E-state index in [9.17, 15) is 51.3 Å². The molecule has 1 atom stereocenters. The molecule has 41 heavy (non-hydrogen) atoms. The first kappa shape index (κ1) is 31.2. The standard InChI is InChI=1S/C26H29F6N3O5S/c1-13-10-15(24(40,25(27,28)29)26(30,31)32)7-8-16(13)18-17(20(36)35-9-5-6-14(35)2)33-19(41-18)21(37)34-11-23(39,12-34)22(3,4)38/h7-8,10,14,38-40H,5-6,9,11-12H2,1-4H3/t14-/m0/s1. The lowest BCUT2D eigenvalue weighted by Crippen LogP contribution is -2.72. The Kier molecular flexibility index (Phi) is 7.55. The minimum absolute atomic E-state index is 0.0577. The van der Waals surface area contributed by atoms with E-state index < -0.39 is 46.5 Å². The van der Waals surface area contributed by atoms with Gasteiger partial charge in [-0.05, 0) is 51.7 Å². The molecular weight excluding hydrogens is 580 g/mol. The molecule has 1 aromatic heterocycles. The van der Waals surface area contributed by atoms with Crippen molar-refractivity contribution in [1.82, 2.24) is 14.8 Å². The summed E-state index contributed by atoms with van der Waals surface area (Å²) in [6, 6.07) is 1.79. The Hall–Kier alpha value is -2.75. The molecule has 2 fully saturated rings. The molecule has 2 saturated heterocycles. The maximum Gasteiger partial charge on any atom is 0.430 e. The number of likely N-dealkylation sites (tertiary alicyclic amines) is 2. The predicted molar refractivity (Wildman–Crippen MR) is 135 cm³/mol. The molecule has 0 spiro atoms. The number of benzene rings is 1. The number of carbonyl (C=O) groups is 2. The van der Waals surface area contributed by atoms with Gasteiger partial charge in [0.05, 0.1) is 23.6 Å². The van der Waals surface area contributed by atoms with Crippen LogP contribution in [0.25, 0.3) is 10.4 Å². The second-order valence-electron chi connectivity index (χ2n) is 11.2. The molecule has 1 aromatic carbocycles. The van der Waals surface area contributed by atoms with Crippen molar-refractivity contribution in [3.8, 4) is 10.4 Å². The van der Waals surface area contributed by atoms with Gasteiger partial charge in [0, 0.05) is 18.2 Å². The highest BCUT2D eigenvalue weighted by Crippen LogP contribution is 2.51. The topological polar surface area (TPSA) is 114 Å². The number of aliphatic hydroxyl groups is 3. The van der Waals surface area contributed by atoms with Crippen molar-refractivity contribution in [3.63, 3.8) is 0 Å². The number of aryl methyl sites for hydroxylation is 1. The number of hydrogen-bond acceptors (Lipinski definition) is 7. The number of alkyl halides is 6. The summed E-state index contributed by atoms with van der Waals surface area (Å²) in [6.45, 7) is 5.75. The van der Waals surface area contributed by atoms with E-state index in [-0.39, 0.29) is 45.8 Å². The average molecular weight is 610 g/mol. The van der Waals surface area contributed by atoms with Gasteiger partial charge in [-0.15, -0.1) is 11.3 Å². The number of thiazole rings is 1. The largest absolute Gasteiger partial charge is 0.430 e. The zero-order valence-electron chi connectivity index (χ0n) is 22.5. The smallest absolute Gasteiger partial charge is 0.387 e. The predicted octanol–water partition coefficient (Wildman–Crippen LogP) is 4.01. The van der Waals surface area contributed by atoms with Gasteiger partial charge in [-0.3, -0.25) is 9.59 Å². The number of amides is 2. The van der Waals surface area contributed by atoms with E-state index in [2.05, 4.69) is 4.98 Å². The lowest BCUT2D eigenvalue weighted by molar-refractivity contribution is -0.376. The summed E-state index contributed by atoms with van der Waals surface area (Å²) in [6.07, 6.45) is -10.7. The minimum Gasteiger partial charge on any atom is -0.387 e. The Morgan fingerprint density at radius 2 is 1.63 bits per heavy atom. The zero-order valence-corrected chi connectivity index (χ0v) is 23.3. The molecule has 2 aliphatic rings. The summed E-state index contributed by atoms with van der Waals surface area (Å²) in [5, 5.41) is 30.4. The molecule has 226 valence electrons. The molecule has 4 rings (SSSR count). The third kappa shape index (κ3) is 5.10. The molecule has 0 radical (unpaired) electrons. The van der Waals surface area contributed by atoms with Gasteiger partial charge in [0.2, 0.25) is 0 Å². The van der Waals surface area contributed by atoms with E-state index in [1.54, 1.807) is 0 Å². The molecule has 0 unspecified atom stereocenters. The van der Waals surface area contributed by atoms with Crippen molar-refractivity contribution in [2.75, 3.05) is 19.6 Å². The molecule has 8 nitrogen and oxygen atoms in total. The molecule has 0 aliphatic carbocycles. The lowest BCUT2D eigenvalue weighted by atomic mass is 9.79. The Labute approximate surface area is 235 Å². The van der Waals surface area contributed by atoms with Crippen molar-refractivity contribution in [3.05, 3.63) is 40.0 Å². The molecule has 3 N–H and O–H groups in total. The fourth-order valence-corrected chi connectivity index (χ4v) is 6.11. The van der Waals surface area contributed by atoms with Gasteiger partial charge in [0.1, 0.15) is 11.3 Å². The number of nitrogens with zero attached hydrogens (tertiary/aromatic N) is 3. The molecule has 2 aromatic rings. The maximum absolute atomic E-state index is 13.5. The molecule has 2 aliphatic heterocycles. The molecule has 2 amide bonds. The van der Waals surface area contributed by atoms with Crippen LogP contribution in [0.1, 0.15) is 65.0 Å². The summed E-state index contributed by atoms with van der Waals surface area (Å²) in [5.74, 6) is -1.22. The highest BCUT2D eigenvalue weighted by Gasteiger charge is 2.71. The van der Waals surface area contributed by atoms with E-state index in [4.69, 9.17) is 0 Å². The monoisotopic (exact) mass is 609 g/mol. The van der Waals surface area contributed by atoms with Crippen molar-refractivity contribution in [2.45, 2.75) is 75.7 Å². The van der Waals surface area contributed by atoms with Crippen LogP contribution in [0.15, 0.2) is 18.2 Å². The van der Waals surface area contributed by atoms with E-state index in [0.717, 1.165) is 17.4 Å². The summed E-state index contributed by atoms with van der Waals surface area (Å²) in [5.41, 5.74) is -9.93. The second kappa shape index (κ2) is 9.92. The van der Waals surface area contributed by atoms with Gasteiger partial charge in [-0.2, -0.15) is 26.3 Å². The lowest BCUT2D eigenvalue weighted by Gasteiger charge is -2.52. The molecule has 0 bridgehead atoms. The number of carbonyl (C=O) groups excluding carboxylic acids is 2. The molecule has 15 heteroatoms. The first-order valence-corrected chi connectivity index (χ1v) is 13.5. The molecule has 3 heterocycles. The summed E-state index contributed by atoms with van der Waals surface area (Å²) in [7, 11) is 0. The van der Waals surface area contributed by atoms with Crippen molar-refractivity contribution in [2.24, 2.45) is 0 Å². The van der Waals surface area contributed by atoms with Crippen molar-refractivity contribution in [1.29, 1.82) is 0 Å². The van der Waals surface area contributed by atoms with E-state index >= 15 is 0 Å². The van der Waals surface area contributed by atoms with Crippen LogP contribution >= 0.6 is 11.3 Å². The Morgan fingerprint density at radius 1 is 1.05 bits per heavy atom. The number of rotatable bonds is 5. The van der Waals surface area contributed by atoms with Gasteiger partial charge < -0.3 is 25.1 Å². The summed E-state index contributed by atoms with van der Waals surface area (Å²) in [4.78, 5) is 33.8. The fraction of sp³-hybridized carbons (Fsp3) is 0.577. The first-order valence-electron chi connectivity index (χ1n) is 12.7. The summed E-state index contributed by atoms with van der Waals surface area (Å²) < 4.78 is 80.7. The Morgan fingerprint density at radius 3 is 2.10 bits per heavy atom. The van der Waals surface area contributed by atoms with Crippen molar-refractivity contribution < 1.29 is 51.3 Å². The van der Waals surface area contributed by atoms with Gasteiger partial charge in [0.25, 0.3) is 17.4 Å². The number of hydrogen-bond donors (Lipinski definition) is 3. The third-order valence-electron chi connectivity index (χ3n) is 7.87. The number of β-amino-alcohol motifs (C(OH)–C–C–N with tert-alkyl or cyclic N) is 1. The van der Waals surface area contributed by atoms with Crippen LogP contribution in [0.2, 0.25) is 0 Å². The molecule has 0 saturated carbocycles. The van der Waals surface area contributed by atoms with Crippen LogP contribution in [-0.4, -0.2) is 91.1 Å². The van der Waals surface area contributed by atoms with Crippen LogP contribution in [0.3, 0.4) is 0 Å².